The van der Waals surface area contributed by atoms with E-state index in [0.29, 0.717) is 12.1 Å². The van der Waals surface area contributed by atoms with E-state index in [1.165, 1.54) is 0 Å². The topological polar surface area (TPSA) is 58.9 Å². The maximum Gasteiger partial charge on any atom is 0.323 e. The van der Waals surface area contributed by atoms with Crippen LogP contribution in [0.15, 0.2) is 0 Å². The molecule has 0 radical (unpaired) electrons. The van der Waals surface area contributed by atoms with E-state index in [4.69, 9.17) is 8.23 Å². The molecule has 0 aromatic heterocycles. The van der Waals surface area contributed by atoms with Gasteiger partial charge in [0.15, 0.2) is 0 Å². The number of hydrogen-bond donors (Lipinski definition) is 2. The fraction of sp³-hybridized carbons (Fsp3) is 1.00. The number of rotatable bonds is 7. The molecule has 0 bridgehead atoms. The quantitative estimate of drug-likeness (QED) is 0.703. The molecule has 0 aliphatic carbocycles. The van der Waals surface area contributed by atoms with Crippen molar-refractivity contribution in [2.24, 2.45) is 0 Å². The van der Waals surface area contributed by atoms with Crippen molar-refractivity contribution < 1.29 is 17.8 Å². The van der Waals surface area contributed by atoms with Crippen molar-refractivity contribution in [2.75, 3.05) is 0 Å². The summed E-state index contributed by atoms with van der Waals surface area (Å²) in [5.41, 5.74) is 0. The largest absolute Gasteiger partial charge is 0.415 e. The fourth-order valence-corrected chi connectivity index (χ4v) is 11.5. The van der Waals surface area contributed by atoms with Crippen LogP contribution in [0.5, 0.6) is 0 Å². The van der Waals surface area contributed by atoms with E-state index >= 15 is 0 Å². The second-order valence-electron chi connectivity index (χ2n) is 4.75. The SMILES string of the molecule is CC[Si](C)(O)O[Si](C)(CC)O[Si](C)(O)CC. The molecule has 0 heterocycles. The van der Waals surface area contributed by atoms with Gasteiger partial charge < -0.3 is 17.8 Å². The predicted molar refractivity (Wildman–Crippen MR) is 72.9 cm³/mol. The zero-order valence-corrected chi connectivity index (χ0v) is 14.3. The minimum absolute atomic E-state index is 0.648. The molecule has 0 aliphatic heterocycles. The van der Waals surface area contributed by atoms with Crippen LogP contribution in [0.25, 0.3) is 0 Å². The lowest BCUT2D eigenvalue weighted by atomic mass is 11.0. The molecular formula is C9H26O4Si3. The molecule has 98 valence electrons. The van der Waals surface area contributed by atoms with Gasteiger partial charge in [-0.3, -0.25) is 0 Å². The summed E-state index contributed by atoms with van der Waals surface area (Å²) in [5, 5.41) is 0. The van der Waals surface area contributed by atoms with Gasteiger partial charge in [0.05, 0.1) is 0 Å². The van der Waals surface area contributed by atoms with E-state index in [1.54, 1.807) is 13.1 Å². The van der Waals surface area contributed by atoms with Crippen LogP contribution < -0.4 is 0 Å². The van der Waals surface area contributed by atoms with Gasteiger partial charge in [-0.15, -0.1) is 0 Å². The first-order chi connectivity index (χ1) is 7.10. The van der Waals surface area contributed by atoms with Crippen LogP contribution in [0.1, 0.15) is 20.8 Å². The fourth-order valence-electron chi connectivity index (χ4n) is 1.24. The third kappa shape index (κ3) is 5.71. The summed E-state index contributed by atoms with van der Waals surface area (Å²) in [7, 11) is -7.61. The van der Waals surface area contributed by atoms with Crippen molar-refractivity contribution in [3.63, 3.8) is 0 Å². The lowest BCUT2D eigenvalue weighted by molar-refractivity contribution is 0.281. The van der Waals surface area contributed by atoms with Crippen molar-refractivity contribution in [2.45, 2.75) is 58.5 Å². The van der Waals surface area contributed by atoms with Gasteiger partial charge in [0, 0.05) is 0 Å². The highest BCUT2D eigenvalue weighted by atomic mass is 28.5. The Kier molecular flexibility index (Phi) is 6.08. The zero-order valence-electron chi connectivity index (χ0n) is 11.3. The van der Waals surface area contributed by atoms with Crippen LogP contribution in [0.4, 0.5) is 0 Å². The first kappa shape index (κ1) is 16.5. The Labute approximate surface area is 102 Å². The normalized spacial score (nSPS) is 23.2. The standard InChI is InChI=1S/C9H26O4Si3/c1-7-14(4,10)12-16(6,9-3)13-15(5,11)8-2/h10-11H,7-9H2,1-6H3. The molecule has 0 aliphatic rings. The van der Waals surface area contributed by atoms with Crippen LogP contribution in [-0.2, 0) is 8.23 Å². The maximum atomic E-state index is 10.1. The Morgan fingerprint density at radius 1 is 0.750 bits per heavy atom. The van der Waals surface area contributed by atoms with Gasteiger partial charge in [-0.1, -0.05) is 20.8 Å². The minimum Gasteiger partial charge on any atom is -0.415 e. The number of hydrogen-bond acceptors (Lipinski definition) is 4. The Balaban J connectivity index is 4.67. The van der Waals surface area contributed by atoms with Crippen LogP contribution in [-0.4, -0.2) is 35.3 Å². The highest BCUT2D eigenvalue weighted by Gasteiger charge is 2.43. The molecule has 0 saturated heterocycles. The molecule has 16 heavy (non-hydrogen) atoms. The Morgan fingerprint density at radius 2 is 1.06 bits per heavy atom. The molecule has 0 aromatic rings. The summed E-state index contributed by atoms with van der Waals surface area (Å²) in [6.45, 7) is 11.3. The van der Waals surface area contributed by atoms with Crippen LogP contribution >= 0.6 is 0 Å². The third-order valence-corrected chi connectivity index (χ3v) is 13.7. The summed E-state index contributed by atoms with van der Waals surface area (Å²) in [5.74, 6) is 0. The summed E-state index contributed by atoms with van der Waals surface area (Å²) in [4.78, 5) is 20.1. The molecule has 0 amide bonds. The monoisotopic (exact) mass is 282 g/mol. The molecule has 0 spiro atoms. The summed E-state index contributed by atoms with van der Waals surface area (Å²) in [6, 6.07) is 2.04. The highest BCUT2D eigenvalue weighted by molar-refractivity contribution is 6.85. The van der Waals surface area contributed by atoms with Gasteiger partial charge in [-0.25, -0.2) is 0 Å². The predicted octanol–water partition coefficient (Wildman–Crippen LogP) is 2.28. The molecule has 0 saturated carbocycles. The maximum absolute atomic E-state index is 10.1. The second kappa shape index (κ2) is 5.89. The highest BCUT2D eigenvalue weighted by Crippen LogP contribution is 2.24. The smallest absolute Gasteiger partial charge is 0.323 e. The molecule has 4 nitrogen and oxygen atoms in total. The van der Waals surface area contributed by atoms with Crippen LogP contribution in [0, 0.1) is 0 Å². The summed E-state index contributed by atoms with van der Waals surface area (Å²) < 4.78 is 11.7. The molecular weight excluding hydrogens is 256 g/mol. The molecule has 0 rings (SSSR count). The molecule has 2 atom stereocenters. The van der Waals surface area contributed by atoms with E-state index < -0.39 is 25.7 Å². The van der Waals surface area contributed by atoms with Crippen molar-refractivity contribution in [3.8, 4) is 0 Å². The first-order valence-corrected chi connectivity index (χ1v) is 13.6. The van der Waals surface area contributed by atoms with Crippen molar-refractivity contribution in [1.29, 1.82) is 0 Å². The minimum atomic E-state index is -2.60. The molecule has 7 heteroatoms. The molecule has 2 unspecified atom stereocenters. The van der Waals surface area contributed by atoms with Crippen molar-refractivity contribution in [1.82, 2.24) is 0 Å². The Bertz CT molecular complexity index is 203. The van der Waals surface area contributed by atoms with E-state index in [0.717, 1.165) is 6.04 Å². The Hall–Kier alpha value is 0.491. The van der Waals surface area contributed by atoms with Gasteiger partial charge in [0.25, 0.3) is 0 Å². The molecule has 2 N–H and O–H groups in total. The molecule has 0 aromatic carbocycles. The molecule has 0 fully saturated rings. The lowest BCUT2D eigenvalue weighted by Crippen LogP contribution is -2.55. The average molecular weight is 283 g/mol. The van der Waals surface area contributed by atoms with Gasteiger partial charge in [-0.05, 0) is 37.8 Å². The second-order valence-corrected chi connectivity index (χ2v) is 15.5. The lowest BCUT2D eigenvalue weighted by Gasteiger charge is -2.37. The third-order valence-electron chi connectivity index (χ3n) is 2.83. The van der Waals surface area contributed by atoms with E-state index in [1.807, 2.05) is 27.3 Å². The zero-order chi connectivity index (χ0) is 13.0. The van der Waals surface area contributed by atoms with Gasteiger partial charge in [0.2, 0.25) is 0 Å². The van der Waals surface area contributed by atoms with E-state index in [2.05, 4.69) is 0 Å². The van der Waals surface area contributed by atoms with Crippen LogP contribution in [0.2, 0.25) is 37.8 Å². The van der Waals surface area contributed by atoms with Crippen LogP contribution in [0.3, 0.4) is 0 Å². The average Bonchev–Trinajstić information content (AvgIpc) is 2.16. The van der Waals surface area contributed by atoms with Crippen molar-refractivity contribution >= 4 is 25.7 Å². The summed E-state index contributed by atoms with van der Waals surface area (Å²) in [6.07, 6.45) is 0. The summed E-state index contributed by atoms with van der Waals surface area (Å²) >= 11 is 0. The van der Waals surface area contributed by atoms with Gasteiger partial charge in [-0.2, -0.15) is 0 Å². The van der Waals surface area contributed by atoms with Gasteiger partial charge in [0.1, 0.15) is 0 Å². The van der Waals surface area contributed by atoms with E-state index in [-0.39, 0.29) is 0 Å². The Morgan fingerprint density at radius 3 is 1.25 bits per heavy atom. The van der Waals surface area contributed by atoms with Gasteiger partial charge >= 0.3 is 25.7 Å². The van der Waals surface area contributed by atoms with E-state index in [9.17, 15) is 9.59 Å². The van der Waals surface area contributed by atoms with Crippen molar-refractivity contribution in [3.05, 3.63) is 0 Å². The first-order valence-electron chi connectivity index (χ1n) is 5.95.